The molecule has 116 valence electrons. The molecule has 1 aromatic carbocycles. The van der Waals surface area contributed by atoms with Crippen molar-refractivity contribution in [3.63, 3.8) is 0 Å². The zero-order chi connectivity index (χ0) is 16.5. The lowest BCUT2D eigenvalue weighted by molar-refractivity contribution is -0.384. The van der Waals surface area contributed by atoms with Crippen LogP contribution in [-0.4, -0.2) is 20.4 Å². The van der Waals surface area contributed by atoms with Gasteiger partial charge in [-0.2, -0.15) is 13.2 Å². The number of hydrogen-bond acceptors (Lipinski definition) is 6. The van der Waals surface area contributed by atoms with Gasteiger partial charge in [-0.3, -0.25) is 14.9 Å². The lowest BCUT2D eigenvalue weighted by Crippen LogP contribution is -2.14. The molecule has 1 amide bonds. The van der Waals surface area contributed by atoms with Gasteiger partial charge in [0.05, 0.1) is 16.2 Å². The van der Waals surface area contributed by atoms with Gasteiger partial charge in [0, 0.05) is 6.07 Å². The van der Waals surface area contributed by atoms with Gasteiger partial charge in [-0.05, 0) is 30.6 Å². The third-order valence-electron chi connectivity index (χ3n) is 2.63. The number of amides is 1. The predicted octanol–water partition coefficient (Wildman–Crippen LogP) is 3.03. The second-order valence-corrected chi connectivity index (χ2v) is 4.88. The molecule has 0 bridgehead atoms. The zero-order valence-corrected chi connectivity index (χ0v) is 11.7. The van der Waals surface area contributed by atoms with E-state index in [-0.39, 0.29) is 10.6 Å². The molecule has 2 rings (SSSR count). The standard InChI is InChI=1S/C11H7F3N4O3S/c1-5-9(22-17-16-5)10(19)15-7-3-2-6(11(12,13)14)4-8(7)18(20)21/h2-4H,1H3,(H,15,19). The Hall–Kier alpha value is -2.56. The molecule has 1 aromatic heterocycles. The molecule has 0 unspecified atom stereocenters. The smallest absolute Gasteiger partial charge is 0.315 e. The van der Waals surface area contributed by atoms with Crippen molar-refractivity contribution in [3.05, 3.63) is 44.4 Å². The summed E-state index contributed by atoms with van der Waals surface area (Å²) < 4.78 is 41.3. The lowest BCUT2D eigenvalue weighted by atomic mass is 10.1. The summed E-state index contributed by atoms with van der Waals surface area (Å²) in [6.07, 6.45) is -4.72. The Morgan fingerprint density at radius 1 is 1.41 bits per heavy atom. The van der Waals surface area contributed by atoms with Crippen LogP contribution in [0.15, 0.2) is 18.2 Å². The minimum Gasteiger partial charge on any atom is -0.315 e. The average molecular weight is 332 g/mol. The number of aryl methyl sites for hydroxylation is 1. The molecule has 0 saturated carbocycles. The number of anilines is 1. The Kier molecular flexibility index (Phi) is 4.08. The van der Waals surface area contributed by atoms with E-state index in [1.165, 1.54) is 6.92 Å². The first-order chi connectivity index (χ1) is 10.2. The number of aromatic nitrogens is 2. The molecule has 0 aliphatic rings. The van der Waals surface area contributed by atoms with Crippen molar-refractivity contribution in [2.45, 2.75) is 13.1 Å². The number of hydrogen-bond donors (Lipinski definition) is 1. The van der Waals surface area contributed by atoms with E-state index in [2.05, 4.69) is 14.9 Å². The van der Waals surface area contributed by atoms with Crippen LogP contribution in [0, 0.1) is 17.0 Å². The first-order valence-electron chi connectivity index (χ1n) is 5.66. The van der Waals surface area contributed by atoms with Crippen molar-refractivity contribution in [1.29, 1.82) is 0 Å². The van der Waals surface area contributed by atoms with E-state index >= 15 is 0 Å². The molecule has 1 heterocycles. The number of nitrogens with one attached hydrogen (secondary N) is 1. The van der Waals surface area contributed by atoms with E-state index in [0.717, 1.165) is 17.6 Å². The highest BCUT2D eigenvalue weighted by Gasteiger charge is 2.33. The topological polar surface area (TPSA) is 98.0 Å². The summed E-state index contributed by atoms with van der Waals surface area (Å²) in [4.78, 5) is 22.0. The van der Waals surface area contributed by atoms with Crippen LogP contribution in [0.5, 0.6) is 0 Å². The normalized spacial score (nSPS) is 11.3. The third kappa shape index (κ3) is 3.19. The van der Waals surface area contributed by atoms with Crippen LogP contribution in [0.1, 0.15) is 20.9 Å². The van der Waals surface area contributed by atoms with E-state index in [1.807, 2.05) is 0 Å². The van der Waals surface area contributed by atoms with Crippen molar-refractivity contribution in [1.82, 2.24) is 9.59 Å². The molecule has 0 fully saturated rings. The SMILES string of the molecule is Cc1nnsc1C(=O)Nc1ccc(C(F)(F)F)cc1[N+](=O)[O-]. The molecule has 7 nitrogen and oxygen atoms in total. The summed E-state index contributed by atoms with van der Waals surface area (Å²) in [6, 6.07) is 1.86. The minimum absolute atomic E-state index is 0.120. The van der Waals surface area contributed by atoms with Gasteiger partial charge < -0.3 is 5.32 Å². The van der Waals surface area contributed by atoms with Gasteiger partial charge >= 0.3 is 6.18 Å². The van der Waals surface area contributed by atoms with Crippen LogP contribution in [-0.2, 0) is 6.18 Å². The minimum atomic E-state index is -4.72. The Morgan fingerprint density at radius 3 is 2.59 bits per heavy atom. The fraction of sp³-hybridized carbons (Fsp3) is 0.182. The quantitative estimate of drug-likeness (QED) is 0.688. The van der Waals surface area contributed by atoms with Gasteiger partial charge in [-0.15, -0.1) is 5.10 Å². The van der Waals surface area contributed by atoms with E-state index in [9.17, 15) is 28.1 Å². The summed E-state index contributed by atoms with van der Waals surface area (Å²) in [6.45, 7) is 1.51. The van der Waals surface area contributed by atoms with E-state index in [1.54, 1.807) is 0 Å². The molecule has 1 N–H and O–H groups in total. The van der Waals surface area contributed by atoms with E-state index < -0.39 is 28.3 Å². The fourth-order valence-corrected chi connectivity index (χ4v) is 2.14. The number of carbonyl (C=O) groups is 1. The van der Waals surface area contributed by atoms with Crippen LogP contribution in [0.25, 0.3) is 0 Å². The van der Waals surface area contributed by atoms with Gasteiger partial charge in [0.25, 0.3) is 11.6 Å². The Morgan fingerprint density at radius 2 is 2.09 bits per heavy atom. The van der Waals surface area contributed by atoms with Crippen LogP contribution >= 0.6 is 11.5 Å². The van der Waals surface area contributed by atoms with Crippen molar-refractivity contribution in [2.75, 3.05) is 5.32 Å². The highest BCUT2D eigenvalue weighted by atomic mass is 32.1. The average Bonchev–Trinajstić information content (AvgIpc) is 2.84. The summed E-state index contributed by atoms with van der Waals surface area (Å²) in [5, 5.41) is 16.7. The molecule has 0 atom stereocenters. The van der Waals surface area contributed by atoms with Crippen molar-refractivity contribution < 1.29 is 22.9 Å². The predicted molar refractivity (Wildman–Crippen MR) is 70.7 cm³/mol. The Bertz CT molecular complexity index is 744. The molecule has 0 radical (unpaired) electrons. The van der Waals surface area contributed by atoms with Gasteiger partial charge in [0.2, 0.25) is 0 Å². The summed E-state index contributed by atoms with van der Waals surface area (Å²) in [5.41, 5.74) is -2.04. The number of alkyl halides is 3. The number of benzene rings is 1. The summed E-state index contributed by atoms with van der Waals surface area (Å²) >= 11 is 0.776. The maximum absolute atomic E-state index is 12.6. The van der Waals surface area contributed by atoms with Crippen LogP contribution in [0.4, 0.5) is 24.5 Å². The largest absolute Gasteiger partial charge is 0.416 e. The van der Waals surface area contributed by atoms with E-state index in [0.29, 0.717) is 17.8 Å². The second kappa shape index (κ2) is 5.67. The summed E-state index contributed by atoms with van der Waals surface area (Å²) in [7, 11) is 0. The third-order valence-corrected chi connectivity index (χ3v) is 3.45. The van der Waals surface area contributed by atoms with Crippen LogP contribution in [0.2, 0.25) is 0 Å². The number of nitro benzene ring substituents is 1. The number of rotatable bonds is 3. The van der Waals surface area contributed by atoms with Crippen LogP contribution < -0.4 is 5.32 Å². The molecule has 22 heavy (non-hydrogen) atoms. The molecular weight excluding hydrogens is 325 g/mol. The first kappa shape index (κ1) is 15.8. The monoisotopic (exact) mass is 332 g/mol. The molecule has 2 aromatic rings. The number of nitro groups is 1. The van der Waals surface area contributed by atoms with E-state index in [4.69, 9.17) is 0 Å². The van der Waals surface area contributed by atoms with Gasteiger partial charge in [-0.1, -0.05) is 4.49 Å². The zero-order valence-electron chi connectivity index (χ0n) is 10.8. The van der Waals surface area contributed by atoms with Crippen molar-refractivity contribution >= 4 is 28.8 Å². The number of halogens is 3. The molecule has 0 aliphatic carbocycles. The number of carbonyl (C=O) groups excluding carboxylic acids is 1. The van der Waals surface area contributed by atoms with Gasteiger partial charge in [0.15, 0.2) is 0 Å². The van der Waals surface area contributed by atoms with Crippen LogP contribution in [0.3, 0.4) is 0 Å². The van der Waals surface area contributed by atoms with Gasteiger partial charge in [0.1, 0.15) is 10.6 Å². The van der Waals surface area contributed by atoms with Crippen molar-refractivity contribution in [2.24, 2.45) is 0 Å². The molecule has 0 saturated heterocycles. The molecular formula is C11H7F3N4O3S. The molecule has 0 aliphatic heterocycles. The van der Waals surface area contributed by atoms with Crippen molar-refractivity contribution in [3.8, 4) is 0 Å². The maximum atomic E-state index is 12.6. The lowest BCUT2D eigenvalue weighted by Gasteiger charge is -2.09. The molecule has 0 spiro atoms. The second-order valence-electron chi connectivity index (χ2n) is 4.13. The highest BCUT2D eigenvalue weighted by molar-refractivity contribution is 7.08. The number of nitrogens with zero attached hydrogens (tertiary/aromatic N) is 3. The molecule has 11 heteroatoms. The maximum Gasteiger partial charge on any atom is 0.416 e. The van der Waals surface area contributed by atoms with Gasteiger partial charge in [-0.25, -0.2) is 0 Å². The Balaban J connectivity index is 2.37. The highest BCUT2D eigenvalue weighted by Crippen LogP contribution is 2.35. The summed E-state index contributed by atoms with van der Waals surface area (Å²) in [5.74, 6) is -0.727. The first-order valence-corrected chi connectivity index (χ1v) is 6.43. The Labute approximate surface area is 125 Å². The fourth-order valence-electron chi connectivity index (χ4n) is 1.58.